The number of carbonyl (C=O) groups is 1. The summed E-state index contributed by atoms with van der Waals surface area (Å²) >= 11 is 8.21. The molecule has 14 heavy (non-hydrogen) atoms. The minimum absolute atomic E-state index is 0.234. The summed E-state index contributed by atoms with van der Waals surface area (Å²) in [5, 5.41) is 0.625. The molecule has 1 aromatic carbocycles. The van der Waals surface area contributed by atoms with Gasteiger partial charge in [0.25, 0.3) is 0 Å². The molecule has 0 radical (unpaired) electrons. The van der Waals surface area contributed by atoms with Crippen LogP contribution < -0.4 is 0 Å². The SMILES string of the molecule is COC(=O)Cc1c(C)cc(I)cc1Cl. The van der Waals surface area contributed by atoms with E-state index in [-0.39, 0.29) is 12.4 Å². The van der Waals surface area contributed by atoms with Crippen molar-refractivity contribution in [3.63, 3.8) is 0 Å². The third-order valence-corrected chi connectivity index (χ3v) is 2.89. The van der Waals surface area contributed by atoms with Crippen LogP contribution >= 0.6 is 34.2 Å². The lowest BCUT2D eigenvalue weighted by molar-refractivity contribution is -0.139. The monoisotopic (exact) mass is 324 g/mol. The van der Waals surface area contributed by atoms with Gasteiger partial charge in [-0.25, -0.2) is 0 Å². The maximum atomic E-state index is 11.1. The van der Waals surface area contributed by atoms with E-state index in [1.54, 1.807) is 0 Å². The second-order valence-corrected chi connectivity index (χ2v) is 4.59. The number of carbonyl (C=O) groups excluding carboxylic acids is 1. The highest BCUT2D eigenvalue weighted by Crippen LogP contribution is 2.23. The maximum absolute atomic E-state index is 11.1. The van der Waals surface area contributed by atoms with Crippen molar-refractivity contribution in [3.05, 3.63) is 31.9 Å². The van der Waals surface area contributed by atoms with Gasteiger partial charge < -0.3 is 4.74 Å². The Morgan fingerprint density at radius 2 is 2.21 bits per heavy atom. The highest BCUT2D eigenvalue weighted by Gasteiger charge is 2.10. The van der Waals surface area contributed by atoms with E-state index in [0.717, 1.165) is 14.7 Å². The predicted molar refractivity (Wildman–Crippen MR) is 64.6 cm³/mol. The fraction of sp³-hybridized carbons (Fsp3) is 0.300. The van der Waals surface area contributed by atoms with Crippen molar-refractivity contribution in [1.29, 1.82) is 0 Å². The van der Waals surface area contributed by atoms with Gasteiger partial charge in [-0.2, -0.15) is 0 Å². The van der Waals surface area contributed by atoms with Gasteiger partial charge in [0.15, 0.2) is 0 Å². The average molecular weight is 325 g/mol. The summed E-state index contributed by atoms with van der Waals surface area (Å²) in [5.41, 5.74) is 1.87. The molecular formula is C10H10ClIO2. The number of hydrogen-bond acceptors (Lipinski definition) is 2. The molecule has 0 saturated heterocycles. The first-order valence-electron chi connectivity index (χ1n) is 4.06. The normalized spacial score (nSPS) is 10.0. The van der Waals surface area contributed by atoms with Gasteiger partial charge in [-0.1, -0.05) is 11.6 Å². The smallest absolute Gasteiger partial charge is 0.310 e. The molecule has 0 N–H and O–H groups in total. The summed E-state index contributed by atoms with van der Waals surface area (Å²) in [6, 6.07) is 3.83. The molecule has 4 heteroatoms. The Morgan fingerprint density at radius 3 is 2.71 bits per heavy atom. The topological polar surface area (TPSA) is 26.3 Å². The van der Waals surface area contributed by atoms with Crippen LogP contribution in [0.1, 0.15) is 11.1 Å². The summed E-state index contributed by atoms with van der Waals surface area (Å²) in [7, 11) is 1.37. The zero-order chi connectivity index (χ0) is 10.7. The third kappa shape index (κ3) is 2.85. The lowest BCUT2D eigenvalue weighted by Crippen LogP contribution is -2.06. The molecule has 1 aromatic rings. The summed E-state index contributed by atoms with van der Waals surface area (Å²) < 4.78 is 5.66. The largest absolute Gasteiger partial charge is 0.469 e. The second kappa shape index (κ2) is 4.98. The van der Waals surface area contributed by atoms with Crippen LogP contribution in [0.3, 0.4) is 0 Å². The lowest BCUT2D eigenvalue weighted by atomic mass is 10.1. The summed E-state index contributed by atoms with van der Waals surface area (Å²) in [5.74, 6) is -0.267. The van der Waals surface area contributed by atoms with Gasteiger partial charge in [0.1, 0.15) is 0 Å². The first-order valence-corrected chi connectivity index (χ1v) is 5.51. The van der Waals surface area contributed by atoms with E-state index in [4.69, 9.17) is 11.6 Å². The molecule has 0 unspecified atom stereocenters. The second-order valence-electron chi connectivity index (χ2n) is 2.94. The highest BCUT2D eigenvalue weighted by atomic mass is 127. The number of aryl methyl sites for hydroxylation is 1. The van der Waals surface area contributed by atoms with Crippen molar-refractivity contribution in [2.45, 2.75) is 13.3 Å². The van der Waals surface area contributed by atoms with Crippen LogP contribution in [0, 0.1) is 10.5 Å². The average Bonchev–Trinajstić information content (AvgIpc) is 2.10. The Morgan fingerprint density at radius 1 is 1.57 bits per heavy atom. The van der Waals surface area contributed by atoms with Gasteiger partial charge in [-0.15, -0.1) is 0 Å². The van der Waals surface area contributed by atoms with E-state index < -0.39 is 0 Å². The molecule has 0 fully saturated rings. The van der Waals surface area contributed by atoms with Gasteiger partial charge in [-0.3, -0.25) is 4.79 Å². The number of benzene rings is 1. The van der Waals surface area contributed by atoms with Gasteiger partial charge in [0, 0.05) is 8.59 Å². The molecule has 0 spiro atoms. The Kier molecular flexibility index (Phi) is 4.19. The van der Waals surface area contributed by atoms with Crippen molar-refractivity contribution in [2.75, 3.05) is 7.11 Å². The molecule has 0 bridgehead atoms. The predicted octanol–water partition coefficient (Wildman–Crippen LogP) is 2.97. The van der Waals surface area contributed by atoms with Crippen LogP contribution in [-0.4, -0.2) is 13.1 Å². The molecule has 0 heterocycles. The van der Waals surface area contributed by atoms with Crippen molar-refractivity contribution in [1.82, 2.24) is 0 Å². The molecule has 0 aliphatic carbocycles. The quantitative estimate of drug-likeness (QED) is 0.617. The number of rotatable bonds is 2. The first-order chi connectivity index (χ1) is 6.54. The molecule has 76 valence electrons. The van der Waals surface area contributed by atoms with Crippen molar-refractivity contribution >= 4 is 40.2 Å². The van der Waals surface area contributed by atoms with Gasteiger partial charge in [-0.05, 0) is 52.8 Å². The van der Waals surface area contributed by atoms with Crippen molar-refractivity contribution < 1.29 is 9.53 Å². The van der Waals surface area contributed by atoms with Crippen LogP contribution in [0.4, 0.5) is 0 Å². The van der Waals surface area contributed by atoms with E-state index in [2.05, 4.69) is 27.3 Å². The van der Waals surface area contributed by atoms with E-state index in [1.807, 2.05) is 19.1 Å². The summed E-state index contributed by atoms with van der Waals surface area (Å²) in [6.45, 7) is 1.94. The molecular weight excluding hydrogens is 314 g/mol. The van der Waals surface area contributed by atoms with Crippen molar-refractivity contribution in [3.8, 4) is 0 Å². The zero-order valence-corrected chi connectivity index (χ0v) is 10.8. The standard InChI is InChI=1S/C10H10ClIO2/c1-6-3-7(12)4-9(11)8(6)5-10(13)14-2/h3-4H,5H2,1-2H3. The number of ether oxygens (including phenoxy) is 1. The van der Waals surface area contributed by atoms with Gasteiger partial charge in [0.05, 0.1) is 13.5 Å². The Hall–Kier alpha value is -0.290. The number of methoxy groups -OCH3 is 1. The minimum atomic E-state index is -0.267. The molecule has 0 saturated carbocycles. The molecule has 0 aliphatic rings. The number of hydrogen-bond donors (Lipinski definition) is 0. The van der Waals surface area contributed by atoms with E-state index in [1.165, 1.54) is 7.11 Å². The Labute approximate surface area is 102 Å². The first kappa shape index (κ1) is 11.8. The maximum Gasteiger partial charge on any atom is 0.310 e. The minimum Gasteiger partial charge on any atom is -0.469 e. The molecule has 0 aromatic heterocycles. The highest BCUT2D eigenvalue weighted by molar-refractivity contribution is 14.1. The van der Waals surface area contributed by atoms with Crippen LogP contribution in [0.15, 0.2) is 12.1 Å². The Balaban J connectivity index is 3.02. The number of esters is 1. The zero-order valence-electron chi connectivity index (χ0n) is 7.93. The van der Waals surface area contributed by atoms with Crippen LogP contribution in [-0.2, 0) is 16.0 Å². The van der Waals surface area contributed by atoms with Crippen LogP contribution in [0.5, 0.6) is 0 Å². The fourth-order valence-corrected chi connectivity index (χ4v) is 2.47. The molecule has 0 atom stereocenters. The van der Waals surface area contributed by atoms with Crippen molar-refractivity contribution in [2.24, 2.45) is 0 Å². The summed E-state index contributed by atoms with van der Waals surface area (Å²) in [4.78, 5) is 11.1. The van der Waals surface area contributed by atoms with Crippen LogP contribution in [0.25, 0.3) is 0 Å². The lowest BCUT2D eigenvalue weighted by Gasteiger charge is -2.07. The van der Waals surface area contributed by atoms with E-state index in [9.17, 15) is 4.79 Å². The molecule has 1 rings (SSSR count). The van der Waals surface area contributed by atoms with Crippen LogP contribution in [0.2, 0.25) is 5.02 Å². The van der Waals surface area contributed by atoms with Gasteiger partial charge >= 0.3 is 5.97 Å². The van der Waals surface area contributed by atoms with E-state index in [0.29, 0.717) is 5.02 Å². The molecule has 0 aliphatic heterocycles. The Bertz CT molecular complexity index is 340. The fourth-order valence-electron chi connectivity index (χ4n) is 1.17. The molecule has 2 nitrogen and oxygen atoms in total. The van der Waals surface area contributed by atoms with E-state index >= 15 is 0 Å². The number of halogens is 2. The summed E-state index contributed by atoms with van der Waals surface area (Å²) in [6.07, 6.45) is 0.234. The van der Waals surface area contributed by atoms with Gasteiger partial charge in [0.2, 0.25) is 0 Å². The molecule has 0 amide bonds. The third-order valence-electron chi connectivity index (χ3n) is 1.93.